The third kappa shape index (κ3) is 4.68. The zero-order chi connectivity index (χ0) is 23.5. The molecule has 1 fully saturated rings. The fourth-order valence-corrected chi connectivity index (χ4v) is 4.05. The Morgan fingerprint density at radius 1 is 1.03 bits per heavy atom. The molecule has 0 unspecified atom stereocenters. The number of morpholine rings is 1. The van der Waals surface area contributed by atoms with E-state index in [1.54, 1.807) is 6.20 Å². The summed E-state index contributed by atoms with van der Waals surface area (Å²) in [6, 6.07) is 10.00. The number of nitrogen functional groups attached to an aromatic ring is 1. The summed E-state index contributed by atoms with van der Waals surface area (Å²) >= 11 is 0. The number of imidazole rings is 1. The van der Waals surface area contributed by atoms with Gasteiger partial charge in [0.05, 0.1) is 32.6 Å². The maximum atomic E-state index is 14.0. The number of benzene rings is 1. The minimum absolute atomic E-state index is 0.179. The van der Waals surface area contributed by atoms with Gasteiger partial charge in [-0.2, -0.15) is 9.97 Å². The van der Waals surface area contributed by atoms with Crippen LogP contribution in [0.25, 0.3) is 22.6 Å². The molecule has 176 valence electrons. The number of anilines is 1. The summed E-state index contributed by atoms with van der Waals surface area (Å²) in [5.41, 5.74) is 9.94. The average molecular weight is 464 g/mol. The van der Waals surface area contributed by atoms with Crippen LogP contribution in [0.1, 0.15) is 18.1 Å². The second-order valence-corrected chi connectivity index (χ2v) is 8.12. The summed E-state index contributed by atoms with van der Waals surface area (Å²) in [4.78, 5) is 19.7. The molecule has 1 aliphatic rings. The van der Waals surface area contributed by atoms with Gasteiger partial charge in [0.1, 0.15) is 11.6 Å². The molecule has 2 N–H and O–H groups in total. The highest BCUT2D eigenvalue weighted by Gasteiger charge is 2.19. The average Bonchev–Trinajstić information content (AvgIpc) is 3.20. The predicted octanol–water partition coefficient (Wildman–Crippen LogP) is 2.89. The first kappa shape index (κ1) is 22.2. The van der Waals surface area contributed by atoms with Crippen molar-refractivity contribution in [3.05, 3.63) is 59.7 Å². The van der Waals surface area contributed by atoms with Gasteiger partial charge in [-0.25, -0.2) is 9.37 Å². The Bertz CT molecular complexity index is 1290. The van der Waals surface area contributed by atoms with Gasteiger partial charge in [0, 0.05) is 31.4 Å². The van der Waals surface area contributed by atoms with Gasteiger partial charge in [0.25, 0.3) is 0 Å². The van der Waals surface area contributed by atoms with Crippen molar-refractivity contribution in [2.24, 2.45) is 0 Å². The van der Waals surface area contributed by atoms with E-state index in [0.717, 1.165) is 44.6 Å². The SMILES string of the molecule is CCOc1nc(N)c2nc(-c3cncc(F)c3)n(Cc3ccc(CN4CCOCC4)cc3)c2n1. The first-order valence-electron chi connectivity index (χ1n) is 11.3. The normalized spacial score (nSPS) is 14.5. The van der Waals surface area contributed by atoms with Crippen molar-refractivity contribution >= 4 is 17.0 Å². The number of halogens is 1. The second-order valence-electron chi connectivity index (χ2n) is 8.12. The predicted molar refractivity (Wildman–Crippen MR) is 126 cm³/mol. The smallest absolute Gasteiger partial charge is 0.320 e. The molecule has 0 bridgehead atoms. The van der Waals surface area contributed by atoms with Crippen LogP contribution in [0.3, 0.4) is 0 Å². The molecule has 0 amide bonds. The second kappa shape index (κ2) is 9.70. The fourth-order valence-electron chi connectivity index (χ4n) is 4.05. The fraction of sp³-hybridized carbons (Fsp3) is 0.333. The van der Waals surface area contributed by atoms with Gasteiger partial charge in [-0.3, -0.25) is 9.88 Å². The van der Waals surface area contributed by atoms with Gasteiger partial charge in [-0.1, -0.05) is 24.3 Å². The summed E-state index contributed by atoms with van der Waals surface area (Å²) in [6.45, 7) is 7.04. The molecule has 0 radical (unpaired) electrons. The molecule has 5 rings (SSSR count). The lowest BCUT2D eigenvalue weighted by Crippen LogP contribution is -2.35. The number of rotatable bonds is 7. The molecule has 1 aromatic carbocycles. The Morgan fingerprint density at radius 3 is 2.47 bits per heavy atom. The maximum absolute atomic E-state index is 14.0. The molecule has 9 nitrogen and oxygen atoms in total. The lowest BCUT2D eigenvalue weighted by atomic mass is 10.1. The zero-order valence-electron chi connectivity index (χ0n) is 18.9. The first-order valence-corrected chi connectivity index (χ1v) is 11.3. The lowest BCUT2D eigenvalue weighted by Gasteiger charge is -2.26. The van der Waals surface area contributed by atoms with Crippen molar-refractivity contribution in [1.29, 1.82) is 0 Å². The van der Waals surface area contributed by atoms with E-state index in [2.05, 4.69) is 49.1 Å². The van der Waals surface area contributed by atoms with E-state index in [0.29, 0.717) is 35.7 Å². The van der Waals surface area contributed by atoms with Gasteiger partial charge in [-0.15, -0.1) is 0 Å². The van der Waals surface area contributed by atoms with Crippen LogP contribution in [0, 0.1) is 5.82 Å². The minimum atomic E-state index is -0.447. The van der Waals surface area contributed by atoms with Crippen molar-refractivity contribution in [3.63, 3.8) is 0 Å². The molecule has 4 aromatic rings. The Hall–Kier alpha value is -3.63. The quantitative estimate of drug-likeness (QED) is 0.446. The van der Waals surface area contributed by atoms with E-state index in [-0.39, 0.29) is 11.8 Å². The van der Waals surface area contributed by atoms with E-state index >= 15 is 0 Å². The topological polar surface area (TPSA) is 104 Å². The number of aromatic nitrogens is 5. The molecule has 3 aromatic heterocycles. The lowest BCUT2D eigenvalue weighted by molar-refractivity contribution is 0.0342. The molecule has 0 aliphatic carbocycles. The summed E-state index contributed by atoms with van der Waals surface area (Å²) in [5.74, 6) is 0.269. The van der Waals surface area contributed by atoms with Gasteiger partial charge in [0.15, 0.2) is 17.0 Å². The highest BCUT2D eigenvalue weighted by atomic mass is 19.1. The number of hydrogen-bond donors (Lipinski definition) is 1. The highest BCUT2D eigenvalue weighted by molar-refractivity contribution is 5.85. The van der Waals surface area contributed by atoms with Crippen molar-refractivity contribution in [3.8, 4) is 17.4 Å². The standard InChI is InChI=1S/C24H26FN7O2/c1-2-34-24-29-21(26)20-23(30-24)32(22(28-20)18-11-19(25)13-27-12-18)15-17-5-3-16(4-6-17)14-31-7-9-33-10-8-31/h3-6,11-13H,2,7-10,14-15H2,1H3,(H2,26,29,30). The Morgan fingerprint density at radius 2 is 1.76 bits per heavy atom. The third-order valence-electron chi connectivity index (χ3n) is 5.71. The Kier molecular flexibility index (Phi) is 6.33. The summed E-state index contributed by atoms with van der Waals surface area (Å²) < 4.78 is 26.8. The molecule has 1 aliphatic heterocycles. The summed E-state index contributed by atoms with van der Waals surface area (Å²) in [6.07, 6.45) is 2.73. The third-order valence-corrected chi connectivity index (χ3v) is 5.71. The minimum Gasteiger partial charge on any atom is -0.464 e. The van der Waals surface area contributed by atoms with E-state index in [4.69, 9.17) is 15.2 Å². The van der Waals surface area contributed by atoms with Gasteiger partial charge in [-0.05, 0) is 24.1 Å². The number of nitrogens with zero attached hydrogens (tertiary/aromatic N) is 6. The molecule has 0 spiro atoms. The van der Waals surface area contributed by atoms with Crippen molar-refractivity contribution in [2.75, 3.05) is 38.6 Å². The summed E-state index contributed by atoms with van der Waals surface area (Å²) in [7, 11) is 0. The molecule has 10 heteroatoms. The molecule has 1 saturated heterocycles. The Labute approximate surface area is 196 Å². The van der Waals surface area contributed by atoms with Crippen molar-refractivity contribution in [1.82, 2.24) is 29.4 Å². The van der Waals surface area contributed by atoms with Crippen molar-refractivity contribution < 1.29 is 13.9 Å². The zero-order valence-corrected chi connectivity index (χ0v) is 18.9. The van der Waals surface area contributed by atoms with E-state index in [9.17, 15) is 4.39 Å². The van der Waals surface area contributed by atoms with Gasteiger partial charge >= 0.3 is 6.01 Å². The molecular weight excluding hydrogens is 437 g/mol. The van der Waals surface area contributed by atoms with Crippen LogP contribution in [0.2, 0.25) is 0 Å². The van der Waals surface area contributed by atoms with Crippen LogP contribution in [-0.2, 0) is 17.8 Å². The van der Waals surface area contributed by atoms with E-state index in [1.165, 1.54) is 11.6 Å². The van der Waals surface area contributed by atoms with Crippen LogP contribution < -0.4 is 10.5 Å². The number of ether oxygens (including phenoxy) is 2. The monoisotopic (exact) mass is 463 g/mol. The maximum Gasteiger partial charge on any atom is 0.320 e. The molecule has 34 heavy (non-hydrogen) atoms. The molecule has 0 atom stereocenters. The first-order chi connectivity index (χ1) is 16.6. The van der Waals surface area contributed by atoms with E-state index < -0.39 is 5.82 Å². The summed E-state index contributed by atoms with van der Waals surface area (Å²) in [5, 5.41) is 0. The van der Waals surface area contributed by atoms with Crippen molar-refractivity contribution in [2.45, 2.75) is 20.0 Å². The van der Waals surface area contributed by atoms with Gasteiger partial charge < -0.3 is 19.8 Å². The number of hydrogen-bond acceptors (Lipinski definition) is 8. The highest BCUT2D eigenvalue weighted by Crippen LogP contribution is 2.28. The van der Waals surface area contributed by atoms with Crippen LogP contribution >= 0.6 is 0 Å². The van der Waals surface area contributed by atoms with Crippen LogP contribution in [0.15, 0.2) is 42.7 Å². The number of pyridine rings is 1. The molecule has 4 heterocycles. The molecule has 0 saturated carbocycles. The van der Waals surface area contributed by atoms with Gasteiger partial charge in [0.2, 0.25) is 0 Å². The van der Waals surface area contributed by atoms with Crippen LogP contribution in [0.5, 0.6) is 6.01 Å². The van der Waals surface area contributed by atoms with E-state index in [1.807, 2.05) is 11.5 Å². The largest absolute Gasteiger partial charge is 0.464 e. The molecular formula is C24H26FN7O2. The van der Waals surface area contributed by atoms with Crippen LogP contribution in [0.4, 0.5) is 10.2 Å². The number of nitrogens with two attached hydrogens (primary N) is 1. The number of fused-ring (bicyclic) bond motifs is 1. The Balaban J connectivity index is 1.51. The van der Waals surface area contributed by atoms with Crippen LogP contribution in [-0.4, -0.2) is 62.3 Å².